The molecule has 3 aromatic rings. The minimum atomic E-state index is -0.674. The van der Waals surface area contributed by atoms with Gasteiger partial charge < -0.3 is 13.9 Å². The number of hydrogen-bond donors (Lipinski definition) is 0. The molecule has 24 heavy (non-hydrogen) atoms. The summed E-state index contributed by atoms with van der Waals surface area (Å²) < 4.78 is 34.9. The van der Waals surface area contributed by atoms with E-state index in [-0.39, 0.29) is 17.2 Å². The Hall–Kier alpha value is -2.89. The fourth-order valence-corrected chi connectivity index (χ4v) is 3.19. The Labute approximate surface area is 136 Å². The van der Waals surface area contributed by atoms with Crippen molar-refractivity contribution in [2.24, 2.45) is 0 Å². The number of aromatic nitrogens is 1. The van der Waals surface area contributed by atoms with Gasteiger partial charge in [-0.1, -0.05) is 6.07 Å². The molecule has 0 saturated carbocycles. The Morgan fingerprint density at radius 3 is 2.75 bits per heavy atom. The first-order valence-corrected chi connectivity index (χ1v) is 7.59. The van der Waals surface area contributed by atoms with Crippen molar-refractivity contribution in [3.63, 3.8) is 0 Å². The standard InChI is InChI=1S/C18H14F2N2O2/c19-12-5-6-13(14(20)11-12)17-15-3-1-7-21(15)8-9-22(17)18(23)16-4-2-10-24-16/h1-7,10-11,17H,8-9H2/t17-/m1/s1. The largest absolute Gasteiger partial charge is 0.459 e. The van der Waals surface area contributed by atoms with Gasteiger partial charge in [0.1, 0.15) is 17.7 Å². The SMILES string of the molecule is O=C(c1ccco1)N1CCn2cccc2[C@H]1c1ccc(F)cc1F. The Kier molecular flexibility index (Phi) is 3.45. The van der Waals surface area contributed by atoms with Crippen LogP contribution in [0, 0.1) is 11.6 Å². The highest BCUT2D eigenvalue weighted by Gasteiger charge is 2.35. The molecule has 2 aromatic heterocycles. The molecule has 0 spiro atoms. The number of rotatable bonds is 2. The van der Waals surface area contributed by atoms with Gasteiger partial charge in [0.05, 0.1) is 6.26 Å². The summed E-state index contributed by atoms with van der Waals surface area (Å²) >= 11 is 0. The van der Waals surface area contributed by atoms with Gasteiger partial charge in [0.15, 0.2) is 5.76 Å². The van der Waals surface area contributed by atoms with Gasteiger partial charge in [-0.05, 0) is 30.3 Å². The molecular formula is C18H14F2N2O2. The summed E-state index contributed by atoms with van der Waals surface area (Å²) in [6.07, 6.45) is 3.31. The Bertz CT molecular complexity index is 886. The lowest BCUT2D eigenvalue weighted by Gasteiger charge is -2.37. The smallest absolute Gasteiger partial charge is 0.290 e. The second kappa shape index (κ2) is 5.63. The zero-order valence-corrected chi connectivity index (χ0v) is 12.7. The molecule has 4 nitrogen and oxygen atoms in total. The van der Waals surface area contributed by atoms with Crippen molar-refractivity contribution in [3.8, 4) is 0 Å². The van der Waals surface area contributed by atoms with Crippen molar-refractivity contribution in [1.82, 2.24) is 9.47 Å². The number of fused-ring (bicyclic) bond motifs is 1. The number of halogens is 2. The summed E-state index contributed by atoms with van der Waals surface area (Å²) in [6, 6.07) is 9.70. The second-order valence-corrected chi connectivity index (χ2v) is 5.67. The fraction of sp³-hybridized carbons (Fsp3) is 0.167. The summed E-state index contributed by atoms with van der Waals surface area (Å²) in [5.74, 6) is -1.44. The van der Waals surface area contributed by atoms with Crippen LogP contribution >= 0.6 is 0 Å². The van der Waals surface area contributed by atoms with Crippen molar-refractivity contribution < 1.29 is 18.0 Å². The summed E-state index contributed by atoms with van der Waals surface area (Å²) in [6.45, 7) is 1.01. The summed E-state index contributed by atoms with van der Waals surface area (Å²) in [5.41, 5.74) is 1.04. The van der Waals surface area contributed by atoms with Crippen molar-refractivity contribution >= 4 is 5.91 Å². The third-order valence-electron chi connectivity index (χ3n) is 4.29. The number of hydrogen-bond acceptors (Lipinski definition) is 2. The van der Waals surface area contributed by atoms with Crippen LogP contribution < -0.4 is 0 Å². The molecule has 6 heteroatoms. The molecule has 1 aliphatic rings. The molecule has 4 rings (SSSR count). The van der Waals surface area contributed by atoms with Gasteiger partial charge in [0.2, 0.25) is 0 Å². The molecule has 0 N–H and O–H groups in total. The molecule has 3 heterocycles. The molecular weight excluding hydrogens is 314 g/mol. The summed E-state index contributed by atoms with van der Waals surface area (Å²) in [7, 11) is 0. The van der Waals surface area contributed by atoms with E-state index in [4.69, 9.17) is 4.42 Å². The van der Waals surface area contributed by atoms with Gasteiger partial charge in [-0.3, -0.25) is 4.79 Å². The maximum atomic E-state index is 14.4. The van der Waals surface area contributed by atoms with Crippen LogP contribution in [0.1, 0.15) is 27.9 Å². The zero-order chi connectivity index (χ0) is 16.7. The predicted molar refractivity (Wildman–Crippen MR) is 82.4 cm³/mol. The van der Waals surface area contributed by atoms with Crippen LogP contribution in [0.5, 0.6) is 0 Å². The van der Waals surface area contributed by atoms with Crippen molar-refractivity contribution in [2.75, 3.05) is 6.54 Å². The van der Waals surface area contributed by atoms with Gasteiger partial charge in [0.25, 0.3) is 5.91 Å². The molecule has 1 aliphatic heterocycles. The summed E-state index contributed by atoms with van der Waals surface area (Å²) in [5, 5.41) is 0. The molecule has 0 unspecified atom stereocenters. The van der Waals surface area contributed by atoms with Gasteiger partial charge in [-0.2, -0.15) is 0 Å². The quantitative estimate of drug-likeness (QED) is 0.721. The highest BCUT2D eigenvalue weighted by molar-refractivity contribution is 5.92. The number of amides is 1. The minimum Gasteiger partial charge on any atom is -0.459 e. The lowest BCUT2D eigenvalue weighted by molar-refractivity contribution is 0.0628. The normalized spacial score (nSPS) is 16.9. The molecule has 0 saturated heterocycles. The topological polar surface area (TPSA) is 38.4 Å². The van der Waals surface area contributed by atoms with E-state index in [1.165, 1.54) is 18.4 Å². The molecule has 122 valence electrons. The average Bonchev–Trinajstić information content (AvgIpc) is 3.25. The molecule has 0 radical (unpaired) electrons. The predicted octanol–water partition coefficient (Wildman–Crippen LogP) is 3.60. The van der Waals surface area contributed by atoms with Crippen molar-refractivity contribution in [1.29, 1.82) is 0 Å². The maximum Gasteiger partial charge on any atom is 0.290 e. The lowest BCUT2D eigenvalue weighted by Crippen LogP contribution is -2.42. The number of furan rings is 1. The maximum absolute atomic E-state index is 14.4. The van der Waals surface area contributed by atoms with Crippen LogP contribution in [0.15, 0.2) is 59.3 Å². The molecule has 0 aliphatic carbocycles. The first-order chi connectivity index (χ1) is 11.6. The highest BCUT2D eigenvalue weighted by Crippen LogP contribution is 2.35. The second-order valence-electron chi connectivity index (χ2n) is 5.67. The summed E-state index contributed by atoms with van der Waals surface area (Å²) in [4.78, 5) is 14.3. The fourth-order valence-electron chi connectivity index (χ4n) is 3.19. The van der Waals surface area contributed by atoms with Gasteiger partial charge >= 0.3 is 0 Å². The minimum absolute atomic E-state index is 0.197. The number of nitrogens with zero attached hydrogens (tertiary/aromatic N) is 2. The van der Waals surface area contributed by atoms with Crippen LogP contribution in [0.4, 0.5) is 8.78 Å². The van der Waals surface area contributed by atoms with Crippen LogP contribution in [0.2, 0.25) is 0 Å². The van der Waals surface area contributed by atoms with Crippen molar-refractivity contribution in [3.05, 3.63) is 83.6 Å². The highest BCUT2D eigenvalue weighted by atomic mass is 19.1. The molecule has 1 aromatic carbocycles. The van der Waals surface area contributed by atoms with E-state index < -0.39 is 17.7 Å². The molecule has 1 atom stereocenters. The average molecular weight is 328 g/mol. The third-order valence-corrected chi connectivity index (χ3v) is 4.29. The van der Waals surface area contributed by atoms with E-state index in [0.29, 0.717) is 13.1 Å². The lowest BCUT2D eigenvalue weighted by atomic mass is 9.99. The zero-order valence-electron chi connectivity index (χ0n) is 12.7. The van der Waals surface area contributed by atoms with Gasteiger partial charge in [0, 0.05) is 36.6 Å². The van der Waals surface area contributed by atoms with Gasteiger partial charge in [-0.15, -0.1) is 0 Å². The van der Waals surface area contributed by atoms with E-state index in [0.717, 1.165) is 11.8 Å². The first-order valence-electron chi connectivity index (χ1n) is 7.59. The van der Waals surface area contributed by atoms with Crippen LogP contribution in [0.3, 0.4) is 0 Å². The Morgan fingerprint density at radius 1 is 1.12 bits per heavy atom. The van der Waals surface area contributed by atoms with Crippen LogP contribution in [-0.4, -0.2) is 21.9 Å². The van der Waals surface area contributed by atoms with E-state index >= 15 is 0 Å². The van der Waals surface area contributed by atoms with Crippen LogP contribution in [-0.2, 0) is 6.54 Å². The van der Waals surface area contributed by atoms with E-state index in [2.05, 4.69) is 0 Å². The molecule has 1 amide bonds. The number of benzene rings is 1. The van der Waals surface area contributed by atoms with E-state index in [9.17, 15) is 13.6 Å². The van der Waals surface area contributed by atoms with E-state index in [1.54, 1.807) is 17.0 Å². The Balaban J connectivity index is 1.83. The van der Waals surface area contributed by atoms with E-state index in [1.807, 2.05) is 22.9 Å². The number of carbonyl (C=O) groups excluding carboxylic acids is 1. The van der Waals surface area contributed by atoms with Gasteiger partial charge in [-0.25, -0.2) is 8.78 Å². The molecule has 0 bridgehead atoms. The monoisotopic (exact) mass is 328 g/mol. The first kappa shape index (κ1) is 14.7. The molecule has 0 fully saturated rings. The van der Waals surface area contributed by atoms with Crippen molar-refractivity contribution in [2.45, 2.75) is 12.6 Å². The Morgan fingerprint density at radius 2 is 2.00 bits per heavy atom. The number of carbonyl (C=O) groups is 1. The van der Waals surface area contributed by atoms with Crippen LogP contribution in [0.25, 0.3) is 0 Å². The third kappa shape index (κ3) is 2.31.